The first-order chi connectivity index (χ1) is 4.00. The highest BCUT2D eigenvalue weighted by atomic mass is 28.4. The van der Waals surface area contributed by atoms with E-state index in [0.29, 0.717) is 0 Å². The highest BCUT2D eigenvalue weighted by molar-refractivity contribution is 6.46. The molecule has 0 rings (SSSR count). The van der Waals surface area contributed by atoms with E-state index in [-0.39, 0.29) is 0 Å². The summed E-state index contributed by atoms with van der Waals surface area (Å²) in [7, 11) is 3.89. The van der Waals surface area contributed by atoms with Crippen LogP contribution in [0.2, 0.25) is 0 Å². The minimum atomic E-state index is -4.61. The summed E-state index contributed by atoms with van der Waals surface area (Å²) in [5.41, 5.74) is 0. The molecule has 0 spiro atoms. The molecule has 5 nitrogen and oxygen atoms in total. The molecule has 0 aliphatic rings. The number of hydrogen-bond donors (Lipinski definition) is 4. The molecule has 0 unspecified atom stereocenters. The Morgan fingerprint density at radius 1 is 0.800 bits per heavy atom. The van der Waals surface area contributed by atoms with Crippen LogP contribution < -0.4 is 0 Å². The third-order valence-electron chi connectivity index (χ3n) is 0. The van der Waals surface area contributed by atoms with Crippen LogP contribution in [0, 0.1) is 0 Å². The van der Waals surface area contributed by atoms with Crippen molar-refractivity contribution in [1.29, 1.82) is 0 Å². The summed E-state index contributed by atoms with van der Waals surface area (Å²) < 4.78 is 1.00. The maximum Gasteiger partial charge on any atom is 0.668 e. The lowest BCUT2D eigenvalue weighted by Crippen LogP contribution is -2.33. The first-order valence-electron chi connectivity index (χ1n) is 2.68. The Morgan fingerprint density at radius 3 is 0.800 bits per heavy atom. The molecule has 0 bridgehead atoms. The van der Waals surface area contributed by atoms with Crippen molar-refractivity contribution in [2.24, 2.45) is 0 Å². The molecule has 10 heavy (non-hydrogen) atoms. The zero-order valence-corrected chi connectivity index (χ0v) is 7.74. The maximum absolute atomic E-state index is 7.33. The molecule has 0 saturated carbocycles. The molecule has 0 saturated heterocycles. The van der Waals surface area contributed by atoms with Crippen molar-refractivity contribution in [2.75, 3.05) is 28.2 Å². The van der Waals surface area contributed by atoms with Crippen LogP contribution in [-0.2, 0) is 0 Å². The van der Waals surface area contributed by atoms with Gasteiger partial charge in [-0.05, 0) is 0 Å². The second-order valence-electron chi connectivity index (χ2n) is 3.28. The van der Waals surface area contributed by atoms with E-state index in [1.54, 1.807) is 0 Å². The molecule has 0 fully saturated rings. The first kappa shape index (κ1) is 12.7. The van der Waals surface area contributed by atoms with Gasteiger partial charge in [0.25, 0.3) is 0 Å². The molecule has 0 aromatic heterocycles. The third-order valence-corrected chi connectivity index (χ3v) is 0. The summed E-state index contributed by atoms with van der Waals surface area (Å²) in [6.07, 6.45) is 0. The summed E-state index contributed by atoms with van der Waals surface area (Å²) in [6, 6.07) is 0. The summed E-state index contributed by atoms with van der Waals surface area (Å²) in [5, 5.41) is 0. The summed E-state index contributed by atoms with van der Waals surface area (Å²) >= 11 is 0. The van der Waals surface area contributed by atoms with Gasteiger partial charge in [0.2, 0.25) is 0 Å². The quantitative estimate of drug-likeness (QED) is 0.244. The van der Waals surface area contributed by atoms with Gasteiger partial charge in [-0.15, -0.1) is 0 Å². The minimum Gasteiger partial charge on any atom is -0.368 e. The molecule has 0 aromatic rings. The van der Waals surface area contributed by atoms with E-state index >= 15 is 0 Å². The molecular formula is C4H16NO4Si+. The standard InChI is InChI=1S/C4H12N.H4O4Si/c2*1-5(2,3)4/h1-4H3;1-4H/q+1;. The molecule has 0 aliphatic carbocycles. The van der Waals surface area contributed by atoms with Crippen LogP contribution in [0.1, 0.15) is 0 Å². The van der Waals surface area contributed by atoms with Gasteiger partial charge < -0.3 is 23.7 Å². The zero-order chi connectivity index (χ0) is 9.00. The highest BCUT2D eigenvalue weighted by Gasteiger charge is 2.22. The van der Waals surface area contributed by atoms with Crippen LogP contribution in [0.4, 0.5) is 0 Å². The van der Waals surface area contributed by atoms with Gasteiger partial charge >= 0.3 is 9.05 Å². The van der Waals surface area contributed by atoms with Crippen molar-refractivity contribution in [3.63, 3.8) is 0 Å². The Bertz CT molecular complexity index is 60.2. The van der Waals surface area contributed by atoms with Crippen molar-refractivity contribution in [1.82, 2.24) is 0 Å². The van der Waals surface area contributed by atoms with Crippen LogP contribution in [0.25, 0.3) is 0 Å². The van der Waals surface area contributed by atoms with Gasteiger partial charge in [-0.25, -0.2) is 0 Å². The lowest BCUT2D eigenvalue weighted by atomic mass is 10.8. The minimum absolute atomic E-state index is 1.00. The lowest BCUT2D eigenvalue weighted by molar-refractivity contribution is -0.849. The van der Waals surface area contributed by atoms with E-state index in [1.807, 2.05) is 0 Å². The van der Waals surface area contributed by atoms with Gasteiger partial charge in [0.05, 0.1) is 28.2 Å². The molecule has 0 aromatic carbocycles. The van der Waals surface area contributed by atoms with Crippen LogP contribution in [0.5, 0.6) is 0 Å². The zero-order valence-electron chi connectivity index (χ0n) is 6.74. The molecule has 0 amide bonds. The molecule has 6 heteroatoms. The Balaban J connectivity index is 0. The number of hydrogen-bond acceptors (Lipinski definition) is 4. The SMILES string of the molecule is C[N+](C)(C)C.O[Si](O)(O)O. The number of nitrogens with zero attached hydrogens (tertiary/aromatic N) is 1. The van der Waals surface area contributed by atoms with Crippen LogP contribution in [0.15, 0.2) is 0 Å². The predicted molar refractivity (Wildman–Crippen MR) is 38.6 cm³/mol. The normalized spacial score (nSPS) is 12.0. The summed E-state index contributed by atoms with van der Waals surface area (Å²) in [4.78, 5) is 29.3. The molecule has 0 atom stereocenters. The van der Waals surface area contributed by atoms with Gasteiger partial charge in [-0.3, -0.25) is 0 Å². The maximum atomic E-state index is 7.33. The second-order valence-corrected chi connectivity index (χ2v) is 4.48. The molecule has 4 N–H and O–H groups in total. The third kappa shape index (κ3) is 1380000. The fraction of sp³-hybridized carbons (Fsp3) is 1.00. The lowest BCUT2D eigenvalue weighted by Gasteiger charge is -2.14. The fourth-order valence-electron chi connectivity index (χ4n) is 0. The number of rotatable bonds is 0. The summed E-state index contributed by atoms with van der Waals surface area (Å²) in [6.45, 7) is 0. The Labute approximate surface area is 61.9 Å². The molecule has 0 aliphatic heterocycles. The monoisotopic (exact) mass is 170 g/mol. The van der Waals surface area contributed by atoms with Crippen LogP contribution >= 0.6 is 0 Å². The average Bonchev–Trinajstić information content (AvgIpc) is 1.12. The predicted octanol–water partition coefficient (Wildman–Crippen LogP) is -2.29. The Morgan fingerprint density at radius 2 is 0.800 bits per heavy atom. The second kappa shape index (κ2) is 4.01. The van der Waals surface area contributed by atoms with Gasteiger partial charge in [-0.1, -0.05) is 0 Å². The van der Waals surface area contributed by atoms with Gasteiger partial charge in [0.1, 0.15) is 0 Å². The fourth-order valence-corrected chi connectivity index (χ4v) is 0. The van der Waals surface area contributed by atoms with E-state index < -0.39 is 9.05 Å². The Hall–Kier alpha value is 0.0169. The Kier molecular flexibility index (Phi) is 5.09. The van der Waals surface area contributed by atoms with Gasteiger partial charge in [0, 0.05) is 0 Å². The van der Waals surface area contributed by atoms with E-state index in [4.69, 9.17) is 19.2 Å². The first-order valence-corrected chi connectivity index (χ1v) is 4.47. The van der Waals surface area contributed by atoms with Gasteiger partial charge in [-0.2, -0.15) is 0 Å². The summed E-state index contributed by atoms with van der Waals surface area (Å²) in [5.74, 6) is 0. The average molecular weight is 170 g/mol. The molecule has 0 heterocycles. The van der Waals surface area contributed by atoms with Crippen molar-refractivity contribution >= 4 is 9.05 Å². The van der Waals surface area contributed by atoms with Crippen LogP contribution in [0.3, 0.4) is 0 Å². The van der Waals surface area contributed by atoms with Crippen molar-refractivity contribution < 1.29 is 23.7 Å². The van der Waals surface area contributed by atoms with E-state index in [2.05, 4.69) is 28.2 Å². The molecule has 0 radical (unpaired) electrons. The number of quaternary nitrogens is 1. The van der Waals surface area contributed by atoms with Crippen LogP contribution in [-0.4, -0.2) is 60.9 Å². The van der Waals surface area contributed by atoms with E-state index in [1.165, 1.54) is 0 Å². The largest absolute Gasteiger partial charge is 0.668 e. The van der Waals surface area contributed by atoms with E-state index in [0.717, 1.165) is 4.48 Å². The smallest absolute Gasteiger partial charge is 0.368 e. The van der Waals surface area contributed by atoms with Gasteiger partial charge in [0.15, 0.2) is 0 Å². The highest BCUT2D eigenvalue weighted by Crippen LogP contribution is 1.73. The molecule has 64 valence electrons. The van der Waals surface area contributed by atoms with Crippen molar-refractivity contribution in [3.8, 4) is 0 Å². The molecular weight excluding hydrogens is 154 g/mol. The van der Waals surface area contributed by atoms with Crippen molar-refractivity contribution in [3.05, 3.63) is 0 Å². The van der Waals surface area contributed by atoms with E-state index in [9.17, 15) is 0 Å². The van der Waals surface area contributed by atoms with Crippen molar-refractivity contribution in [2.45, 2.75) is 0 Å². The topological polar surface area (TPSA) is 80.9 Å².